The van der Waals surface area contributed by atoms with Gasteiger partial charge in [-0.2, -0.15) is 0 Å². The van der Waals surface area contributed by atoms with Crippen LogP contribution in [0.5, 0.6) is 0 Å². The normalized spacial score (nSPS) is 13.8. The first-order valence-corrected chi connectivity index (χ1v) is 5.99. The number of oxime groups is 1. The van der Waals surface area contributed by atoms with Gasteiger partial charge in [-0.05, 0) is 12.6 Å². The number of hydrogen-bond donors (Lipinski definition) is 3. The van der Waals surface area contributed by atoms with Crippen molar-refractivity contribution in [1.82, 2.24) is 4.90 Å². The zero-order valence-electron chi connectivity index (χ0n) is 11.3. The van der Waals surface area contributed by atoms with E-state index in [4.69, 9.17) is 15.7 Å². The summed E-state index contributed by atoms with van der Waals surface area (Å²) >= 11 is 0. The molecule has 1 unspecified atom stereocenters. The monoisotopic (exact) mass is 267 g/mol. The zero-order valence-corrected chi connectivity index (χ0v) is 11.3. The minimum Gasteiger partial charge on any atom is -0.409 e. The molecular weight excluding hydrogens is 246 g/mol. The molecule has 0 aliphatic rings. The molecule has 0 saturated carbocycles. The Hall–Kier alpha value is -1.63. The molecule has 1 aromatic carbocycles. The van der Waals surface area contributed by atoms with E-state index in [1.165, 1.54) is 0 Å². The van der Waals surface area contributed by atoms with Crippen molar-refractivity contribution >= 4 is 5.84 Å². The summed E-state index contributed by atoms with van der Waals surface area (Å²) in [6.45, 7) is 1.57. The maximum atomic E-state index is 9.62. The van der Waals surface area contributed by atoms with Crippen molar-refractivity contribution in [3.8, 4) is 0 Å². The highest BCUT2D eigenvalue weighted by molar-refractivity contribution is 5.96. The lowest BCUT2D eigenvalue weighted by Crippen LogP contribution is -2.31. The van der Waals surface area contributed by atoms with Gasteiger partial charge in [0.2, 0.25) is 0 Å². The number of likely N-dealkylation sites (N-methyl/N-ethyl adjacent to an activating group) is 1. The maximum absolute atomic E-state index is 9.62. The van der Waals surface area contributed by atoms with Crippen molar-refractivity contribution in [3.63, 3.8) is 0 Å². The molecule has 0 spiro atoms. The van der Waals surface area contributed by atoms with Crippen LogP contribution in [0.25, 0.3) is 0 Å². The van der Waals surface area contributed by atoms with E-state index in [1.807, 2.05) is 24.1 Å². The Balaban J connectivity index is 2.53. The van der Waals surface area contributed by atoms with Gasteiger partial charge in [-0.15, -0.1) is 0 Å². The highest BCUT2D eigenvalue weighted by atomic mass is 16.5. The number of ether oxygens (including phenoxy) is 1. The molecule has 0 aliphatic heterocycles. The lowest BCUT2D eigenvalue weighted by Gasteiger charge is -2.20. The molecule has 0 aliphatic carbocycles. The summed E-state index contributed by atoms with van der Waals surface area (Å²) in [5.74, 6) is 0.0930. The largest absolute Gasteiger partial charge is 0.409 e. The van der Waals surface area contributed by atoms with E-state index < -0.39 is 6.10 Å². The summed E-state index contributed by atoms with van der Waals surface area (Å²) in [4.78, 5) is 2.00. The summed E-state index contributed by atoms with van der Waals surface area (Å²) in [6.07, 6.45) is -0.494. The Bertz CT molecular complexity index is 406. The molecule has 1 aromatic rings. The van der Waals surface area contributed by atoms with Gasteiger partial charge in [0.25, 0.3) is 0 Å². The van der Waals surface area contributed by atoms with Crippen LogP contribution in [-0.2, 0) is 11.3 Å². The number of benzene rings is 1. The van der Waals surface area contributed by atoms with Crippen LogP contribution in [0, 0.1) is 0 Å². The third kappa shape index (κ3) is 5.25. The Labute approximate surface area is 113 Å². The third-order valence-electron chi connectivity index (χ3n) is 2.69. The summed E-state index contributed by atoms with van der Waals surface area (Å²) in [7, 11) is 3.49. The second kappa shape index (κ2) is 7.73. The van der Waals surface area contributed by atoms with Crippen LogP contribution in [0.4, 0.5) is 0 Å². The molecule has 0 heterocycles. The van der Waals surface area contributed by atoms with E-state index in [1.54, 1.807) is 19.2 Å². The number of nitrogens with zero attached hydrogens (tertiary/aromatic N) is 2. The topological polar surface area (TPSA) is 91.3 Å². The molecule has 19 heavy (non-hydrogen) atoms. The molecule has 106 valence electrons. The molecule has 0 bridgehead atoms. The quantitative estimate of drug-likeness (QED) is 0.284. The molecule has 1 atom stereocenters. The van der Waals surface area contributed by atoms with Crippen LogP contribution in [0.1, 0.15) is 11.1 Å². The molecule has 6 nitrogen and oxygen atoms in total. The number of aliphatic hydroxyl groups excluding tert-OH is 1. The van der Waals surface area contributed by atoms with Crippen LogP contribution in [0.2, 0.25) is 0 Å². The minimum absolute atomic E-state index is 0.0930. The molecular formula is C13H21N3O3. The first kappa shape index (κ1) is 15.4. The number of nitrogens with two attached hydrogens (primary N) is 1. The lowest BCUT2D eigenvalue weighted by atomic mass is 10.1. The zero-order chi connectivity index (χ0) is 14.3. The van der Waals surface area contributed by atoms with Crippen molar-refractivity contribution in [1.29, 1.82) is 0 Å². The van der Waals surface area contributed by atoms with E-state index in [0.717, 1.165) is 5.56 Å². The average Bonchev–Trinajstić information content (AvgIpc) is 2.38. The molecule has 1 rings (SSSR count). The van der Waals surface area contributed by atoms with Crippen LogP contribution in [0.15, 0.2) is 29.4 Å². The van der Waals surface area contributed by atoms with Gasteiger partial charge in [-0.3, -0.25) is 4.90 Å². The van der Waals surface area contributed by atoms with Gasteiger partial charge in [0.1, 0.15) is 0 Å². The summed E-state index contributed by atoms with van der Waals surface area (Å²) in [5, 5.41) is 21.1. The van der Waals surface area contributed by atoms with Crippen molar-refractivity contribution in [2.75, 3.05) is 27.3 Å². The van der Waals surface area contributed by atoms with Crippen molar-refractivity contribution in [2.45, 2.75) is 12.6 Å². The van der Waals surface area contributed by atoms with Crippen LogP contribution in [0.3, 0.4) is 0 Å². The van der Waals surface area contributed by atoms with E-state index in [0.29, 0.717) is 25.3 Å². The Morgan fingerprint density at radius 3 is 2.58 bits per heavy atom. The molecule has 0 fully saturated rings. The predicted octanol–water partition coefficient (Wildman–Crippen LogP) is 0.220. The highest BCUT2D eigenvalue weighted by Crippen LogP contribution is 2.07. The van der Waals surface area contributed by atoms with Crippen LogP contribution in [-0.4, -0.2) is 54.5 Å². The van der Waals surface area contributed by atoms with Crippen molar-refractivity contribution < 1.29 is 15.1 Å². The second-order valence-corrected chi connectivity index (χ2v) is 4.49. The Kier molecular flexibility index (Phi) is 6.27. The standard InChI is InChI=1S/C13H21N3O3/c1-16(8-12(17)9-19-2)7-10-3-5-11(6-4-10)13(14)15-18/h3-6,12,17-18H,7-9H2,1-2H3,(H2,14,15). The fourth-order valence-electron chi connectivity index (χ4n) is 1.82. The van der Waals surface area contributed by atoms with Gasteiger partial charge < -0.3 is 20.8 Å². The number of hydrogen-bond acceptors (Lipinski definition) is 5. The van der Waals surface area contributed by atoms with Crippen LogP contribution >= 0.6 is 0 Å². The first-order chi connectivity index (χ1) is 9.06. The molecule has 0 radical (unpaired) electrons. The van der Waals surface area contributed by atoms with E-state index in [-0.39, 0.29) is 5.84 Å². The van der Waals surface area contributed by atoms with Gasteiger partial charge in [-0.25, -0.2) is 0 Å². The van der Waals surface area contributed by atoms with Crippen molar-refractivity contribution in [3.05, 3.63) is 35.4 Å². The van der Waals surface area contributed by atoms with Gasteiger partial charge >= 0.3 is 0 Å². The van der Waals surface area contributed by atoms with E-state index in [2.05, 4.69) is 5.16 Å². The molecule has 0 amide bonds. The smallest absolute Gasteiger partial charge is 0.170 e. The highest BCUT2D eigenvalue weighted by Gasteiger charge is 2.08. The molecule has 0 saturated heterocycles. The SMILES string of the molecule is COCC(O)CN(C)Cc1ccc(/C(N)=N/O)cc1. The predicted molar refractivity (Wildman–Crippen MR) is 73.2 cm³/mol. The molecule has 6 heteroatoms. The average molecular weight is 267 g/mol. The maximum Gasteiger partial charge on any atom is 0.170 e. The first-order valence-electron chi connectivity index (χ1n) is 5.99. The van der Waals surface area contributed by atoms with Gasteiger partial charge in [-0.1, -0.05) is 29.4 Å². The van der Waals surface area contributed by atoms with E-state index >= 15 is 0 Å². The Morgan fingerprint density at radius 2 is 2.05 bits per heavy atom. The number of aliphatic hydroxyl groups is 1. The van der Waals surface area contributed by atoms with Gasteiger partial charge in [0, 0.05) is 25.8 Å². The van der Waals surface area contributed by atoms with Gasteiger partial charge in [0.15, 0.2) is 5.84 Å². The summed E-state index contributed by atoms with van der Waals surface area (Å²) in [5.41, 5.74) is 7.25. The van der Waals surface area contributed by atoms with Crippen LogP contribution < -0.4 is 5.73 Å². The second-order valence-electron chi connectivity index (χ2n) is 4.49. The number of methoxy groups -OCH3 is 1. The third-order valence-corrected chi connectivity index (χ3v) is 2.69. The Morgan fingerprint density at radius 1 is 1.42 bits per heavy atom. The fraction of sp³-hybridized carbons (Fsp3) is 0.462. The molecule has 4 N–H and O–H groups in total. The molecule has 0 aromatic heterocycles. The lowest BCUT2D eigenvalue weighted by molar-refractivity contribution is 0.0419. The van der Waals surface area contributed by atoms with Crippen molar-refractivity contribution in [2.24, 2.45) is 10.9 Å². The van der Waals surface area contributed by atoms with Gasteiger partial charge in [0.05, 0.1) is 12.7 Å². The summed E-state index contributed by atoms with van der Waals surface area (Å²) in [6, 6.07) is 7.41. The van der Waals surface area contributed by atoms with E-state index in [9.17, 15) is 5.11 Å². The number of amidine groups is 1. The minimum atomic E-state index is -0.494. The fourth-order valence-corrected chi connectivity index (χ4v) is 1.82. The summed E-state index contributed by atoms with van der Waals surface area (Å²) < 4.78 is 4.88. The number of rotatable bonds is 7.